The number of hydrogen-bond donors (Lipinski definition) is 1. The molecular formula is C18H16ClF3N2O3. The maximum absolute atomic E-state index is 12.9. The van der Waals surface area contributed by atoms with Gasteiger partial charge in [-0.25, -0.2) is 0 Å². The summed E-state index contributed by atoms with van der Waals surface area (Å²) < 4.78 is 39.1. The van der Waals surface area contributed by atoms with Crippen LogP contribution in [-0.2, 0) is 28.7 Å². The topological polar surface area (TPSA) is 68.2 Å². The number of carbonyl (C=O) groups is 2. The van der Waals surface area contributed by atoms with Gasteiger partial charge in [-0.2, -0.15) is 13.2 Å². The molecule has 2 rings (SSSR count). The van der Waals surface area contributed by atoms with Crippen LogP contribution >= 0.6 is 11.6 Å². The molecule has 0 saturated heterocycles. The summed E-state index contributed by atoms with van der Waals surface area (Å²) in [5.41, 5.74) is -1.27. The van der Waals surface area contributed by atoms with E-state index in [-0.39, 0.29) is 12.2 Å². The lowest BCUT2D eigenvalue weighted by molar-refractivity contribution is -0.138. The molecule has 0 aliphatic rings. The van der Waals surface area contributed by atoms with Crippen LogP contribution in [0.3, 0.4) is 0 Å². The number of hydrogen-bond acceptors (Lipinski definition) is 3. The summed E-state index contributed by atoms with van der Waals surface area (Å²) >= 11 is 5.55. The predicted molar refractivity (Wildman–Crippen MR) is 93.5 cm³/mol. The fourth-order valence-corrected chi connectivity index (χ4v) is 2.64. The Morgan fingerprint density at radius 2 is 1.85 bits per heavy atom. The van der Waals surface area contributed by atoms with Crippen molar-refractivity contribution in [3.8, 4) is 0 Å². The van der Waals surface area contributed by atoms with Crippen molar-refractivity contribution in [1.29, 1.82) is 0 Å². The van der Waals surface area contributed by atoms with Gasteiger partial charge in [0, 0.05) is 6.20 Å². The molecule has 0 aliphatic carbocycles. The number of halogens is 4. The van der Waals surface area contributed by atoms with Crippen molar-refractivity contribution >= 4 is 23.3 Å². The van der Waals surface area contributed by atoms with Gasteiger partial charge in [0.15, 0.2) is 5.78 Å². The third kappa shape index (κ3) is 5.68. The molecule has 1 heterocycles. The summed E-state index contributed by atoms with van der Waals surface area (Å²) in [5.74, 6) is -1.09. The molecule has 9 heteroatoms. The van der Waals surface area contributed by atoms with Crippen LogP contribution in [0, 0.1) is 0 Å². The Balaban J connectivity index is 2.17. The Morgan fingerprint density at radius 1 is 1.22 bits per heavy atom. The van der Waals surface area contributed by atoms with E-state index in [1.165, 1.54) is 6.92 Å². The Morgan fingerprint density at radius 3 is 2.41 bits per heavy atom. The Hall–Kier alpha value is -2.61. The maximum atomic E-state index is 12.9. The number of aromatic nitrogens is 1. The molecule has 1 atom stereocenters. The lowest BCUT2D eigenvalue weighted by atomic mass is 10.0. The first-order valence-electron chi connectivity index (χ1n) is 7.89. The van der Waals surface area contributed by atoms with Crippen molar-refractivity contribution in [2.45, 2.75) is 32.1 Å². The highest BCUT2D eigenvalue weighted by atomic mass is 35.5. The van der Waals surface area contributed by atoms with E-state index < -0.39 is 40.8 Å². The second kappa shape index (κ2) is 8.39. The van der Waals surface area contributed by atoms with E-state index in [1.54, 1.807) is 30.3 Å². The van der Waals surface area contributed by atoms with Gasteiger partial charge in [0.25, 0.3) is 5.56 Å². The highest BCUT2D eigenvalue weighted by Gasteiger charge is 2.32. The van der Waals surface area contributed by atoms with Gasteiger partial charge in [-0.1, -0.05) is 41.9 Å². The summed E-state index contributed by atoms with van der Waals surface area (Å²) in [7, 11) is 0. The van der Waals surface area contributed by atoms with Gasteiger partial charge >= 0.3 is 6.18 Å². The van der Waals surface area contributed by atoms with Gasteiger partial charge in [-0.05, 0) is 25.0 Å². The fraction of sp³-hybridized carbons (Fsp3) is 0.278. The molecule has 1 N–H and O–H groups in total. The fourth-order valence-electron chi connectivity index (χ4n) is 2.41. The van der Waals surface area contributed by atoms with E-state index in [0.29, 0.717) is 16.8 Å². The van der Waals surface area contributed by atoms with E-state index >= 15 is 0 Å². The predicted octanol–water partition coefficient (Wildman–Crippen LogP) is 2.84. The van der Waals surface area contributed by atoms with Crippen LogP contribution in [0.4, 0.5) is 13.2 Å². The molecule has 1 amide bonds. The number of nitrogens with zero attached hydrogens (tertiary/aromatic N) is 1. The molecular weight excluding hydrogens is 385 g/mol. The third-order valence-electron chi connectivity index (χ3n) is 3.79. The van der Waals surface area contributed by atoms with Crippen molar-refractivity contribution in [3.63, 3.8) is 0 Å². The second-order valence-corrected chi connectivity index (χ2v) is 6.34. The minimum absolute atomic E-state index is 0.222. The smallest absolute Gasteiger partial charge is 0.344 e. The SMILES string of the molecule is CC(=O)[C@@H](Cc1ccccc1)NC(=O)Cn1cc(C(F)(F)F)cc(Cl)c1=O. The molecule has 0 fully saturated rings. The van der Waals surface area contributed by atoms with E-state index in [0.717, 1.165) is 5.56 Å². The first kappa shape index (κ1) is 20.7. The molecule has 1 aromatic carbocycles. The average molecular weight is 401 g/mol. The standard InChI is InChI=1S/C18H16ClF3N2O3/c1-11(25)15(7-12-5-3-2-4-6-12)23-16(26)10-24-9-13(18(20,21)22)8-14(19)17(24)27/h2-6,8-9,15H,7,10H2,1H3,(H,23,26)/t15-/m1/s1. The second-order valence-electron chi connectivity index (χ2n) is 5.93. The highest BCUT2D eigenvalue weighted by Crippen LogP contribution is 2.29. The number of nitrogens with one attached hydrogen (secondary N) is 1. The average Bonchev–Trinajstić information content (AvgIpc) is 2.58. The Kier molecular flexibility index (Phi) is 6.43. The van der Waals surface area contributed by atoms with Crippen LogP contribution in [0.2, 0.25) is 5.02 Å². The molecule has 0 unspecified atom stereocenters. The van der Waals surface area contributed by atoms with Crippen molar-refractivity contribution in [1.82, 2.24) is 9.88 Å². The summed E-state index contributed by atoms with van der Waals surface area (Å²) in [6.07, 6.45) is -3.97. The van der Waals surface area contributed by atoms with Crippen LogP contribution in [0.25, 0.3) is 0 Å². The summed E-state index contributed by atoms with van der Waals surface area (Å²) in [4.78, 5) is 35.9. The minimum atomic E-state index is -4.72. The number of rotatable bonds is 6. The van der Waals surface area contributed by atoms with E-state index in [2.05, 4.69) is 5.32 Å². The van der Waals surface area contributed by atoms with E-state index in [9.17, 15) is 27.6 Å². The normalized spacial score (nSPS) is 12.5. The molecule has 0 spiro atoms. The van der Waals surface area contributed by atoms with Crippen LogP contribution in [-0.4, -0.2) is 22.3 Å². The molecule has 1 aromatic heterocycles. The zero-order chi connectivity index (χ0) is 20.2. The van der Waals surface area contributed by atoms with Crippen LogP contribution in [0.5, 0.6) is 0 Å². The van der Waals surface area contributed by atoms with Gasteiger partial charge in [-0.15, -0.1) is 0 Å². The van der Waals surface area contributed by atoms with Gasteiger partial charge < -0.3 is 9.88 Å². The summed E-state index contributed by atoms with van der Waals surface area (Å²) in [6.45, 7) is 0.599. The van der Waals surface area contributed by atoms with Gasteiger partial charge in [0.05, 0.1) is 11.6 Å². The number of benzene rings is 1. The van der Waals surface area contributed by atoms with Crippen molar-refractivity contribution in [2.75, 3.05) is 0 Å². The van der Waals surface area contributed by atoms with Gasteiger partial charge in [0.1, 0.15) is 11.6 Å². The third-order valence-corrected chi connectivity index (χ3v) is 4.06. The van der Waals surface area contributed by atoms with Crippen LogP contribution < -0.4 is 10.9 Å². The monoisotopic (exact) mass is 400 g/mol. The molecule has 0 aliphatic heterocycles. The zero-order valence-electron chi connectivity index (χ0n) is 14.2. The van der Waals surface area contributed by atoms with E-state index in [1.807, 2.05) is 0 Å². The molecule has 0 bridgehead atoms. The van der Waals surface area contributed by atoms with Gasteiger partial charge in [0.2, 0.25) is 5.91 Å². The molecule has 27 heavy (non-hydrogen) atoms. The quantitative estimate of drug-likeness (QED) is 0.810. The van der Waals surface area contributed by atoms with Crippen LogP contribution in [0.1, 0.15) is 18.1 Å². The number of ketones is 1. The number of Topliss-reactive ketones (excluding diaryl/α,β-unsaturated/α-hetero) is 1. The van der Waals surface area contributed by atoms with E-state index in [4.69, 9.17) is 11.6 Å². The molecule has 0 saturated carbocycles. The van der Waals surface area contributed by atoms with Gasteiger partial charge in [-0.3, -0.25) is 14.4 Å². The summed E-state index contributed by atoms with van der Waals surface area (Å²) in [5, 5.41) is 1.80. The van der Waals surface area contributed by atoms with Crippen LogP contribution in [0.15, 0.2) is 47.4 Å². The lowest BCUT2D eigenvalue weighted by Gasteiger charge is -2.17. The van der Waals surface area contributed by atoms with Crippen molar-refractivity contribution in [3.05, 3.63) is 69.1 Å². The number of amides is 1. The van der Waals surface area contributed by atoms with Crippen molar-refractivity contribution in [2.24, 2.45) is 0 Å². The molecule has 144 valence electrons. The molecule has 0 radical (unpaired) electrons. The first-order valence-corrected chi connectivity index (χ1v) is 8.26. The lowest BCUT2D eigenvalue weighted by Crippen LogP contribution is -2.43. The molecule has 2 aromatic rings. The number of pyridine rings is 1. The summed E-state index contributed by atoms with van der Waals surface area (Å²) in [6, 6.07) is 8.55. The van der Waals surface area contributed by atoms with Crippen molar-refractivity contribution < 1.29 is 22.8 Å². The Labute approximate surface area is 157 Å². The number of alkyl halides is 3. The first-order chi connectivity index (χ1) is 12.6. The number of carbonyl (C=O) groups excluding carboxylic acids is 2. The molecule has 5 nitrogen and oxygen atoms in total. The minimum Gasteiger partial charge on any atom is -0.344 e. The maximum Gasteiger partial charge on any atom is 0.417 e. The largest absolute Gasteiger partial charge is 0.417 e. The zero-order valence-corrected chi connectivity index (χ0v) is 15.0. The Bertz CT molecular complexity index is 895. The highest BCUT2D eigenvalue weighted by molar-refractivity contribution is 6.30.